The second-order valence-corrected chi connectivity index (χ2v) is 8.03. The highest BCUT2D eigenvalue weighted by atomic mass is 35.5. The first-order valence-electron chi connectivity index (χ1n) is 10.3. The number of hydrogen-bond acceptors (Lipinski definition) is 5. The molecule has 1 aliphatic rings. The number of benzene rings is 2. The molecular formula is C24H22ClN5O. The third kappa shape index (κ3) is 4.04. The second-order valence-electron chi connectivity index (χ2n) is 7.65. The van der Waals surface area contributed by atoms with Gasteiger partial charge in [-0.2, -0.15) is 9.78 Å². The molecule has 5 rings (SSSR count). The zero-order chi connectivity index (χ0) is 21.2. The standard InChI is InChI=1S/C24H22ClN5O/c25-23-22(16-26-30(24(23)31)20-7-2-1-3-8-20)29-14-12-28(13-15-29)17-19-11-10-18-6-4-5-9-21(18)27-19/h1-11,16H,12-15,17H2. The second kappa shape index (κ2) is 8.49. The van der Waals surface area contributed by atoms with Crippen LogP contribution in [-0.4, -0.2) is 45.8 Å². The first kappa shape index (κ1) is 19.7. The van der Waals surface area contributed by atoms with Crippen molar-refractivity contribution < 1.29 is 0 Å². The maximum absolute atomic E-state index is 12.8. The van der Waals surface area contributed by atoms with Crippen molar-refractivity contribution in [2.45, 2.75) is 6.54 Å². The van der Waals surface area contributed by atoms with Crippen molar-refractivity contribution in [2.75, 3.05) is 31.1 Å². The summed E-state index contributed by atoms with van der Waals surface area (Å²) in [4.78, 5) is 22.1. The van der Waals surface area contributed by atoms with Crippen molar-refractivity contribution in [3.05, 3.63) is 94.0 Å². The molecule has 1 fully saturated rings. The number of nitrogens with zero attached hydrogens (tertiary/aromatic N) is 5. The van der Waals surface area contributed by atoms with E-state index in [9.17, 15) is 4.79 Å². The van der Waals surface area contributed by atoms with Gasteiger partial charge in [0.1, 0.15) is 5.02 Å². The maximum atomic E-state index is 12.8. The van der Waals surface area contributed by atoms with Crippen molar-refractivity contribution in [1.29, 1.82) is 0 Å². The van der Waals surface area contributed by atoms with E-state index in [0.29, 0.717) is 11.4 Å². The molecule has 7 heteroatoms. The average Bonchev–Trinajstić information content (AvgIpc) is 2.82. The predicted octanol–water partition coefficient (Wildman–Crippen LogP) is 3.76. The van der Waals surface area contributed by atoms with Crippen LogP contribution in [0.2, 0.25) is 5.02 Å². The minimum atomic E-state index is -0.298. The monoisotopic (exact) mass is 431 g/mol. The van der Waals surface area contributed by atoms with Gasteiger partial charge in [-0.25, -0.2) is 0 Å². The van der Waals surface area contributed by atoms with E-state index >= 15 is 0 Å². The number of para-hydroxylation sites is 2. The summed E-state index contributed by atoms with van der Waals surface area (Å²) in [5.74, 6) is 0. The molecule has 0 amide bonds. The number of piperazine rings is 1. The van der Waals surface area contributed by atoms with Crippen LogP contribution in [0.15, 0.2) is 77.7 Å². The van der Waals surface area contributed by atoms with E-state index in [1.165, 1.54) is 4.68 Å². The van der Waals surface area contributed by atoms with Crippen LogP contribution in [0.3, 0.4) is 0 Å². The van der Waals surface area contributed by atoms with E-state index in [2.05, 4.69) is 33.1 Å². The molecule has 0 spiro atoms. The molecule has 0 bridgehead atoms. The van der Waals surface area contributed by atoms with Crippen molar-refractivity contribution in [1.82, 2.24) is 19.7 Å². The smallest absolute Gasteiger partial charge is 0.292 e. The van der Waals surface area contributed by atoms with Gasteiger partial charge in [0.25, 0.3) is 5.56 Å². The third-order valence-corrected chi connectivity index (χ3v) is 6.01. The first-order chi connectivity index (χ1) is 15.2. The Kier molecular flexibility index (Phi) is 5.40. The van der Waals surface area contributed by atoms with E-state index in [4.69, 9.17) is 16.6 Å². The third-order valence-electron chi connectivity index (χ3n) is 5.66. The summed E-state index contributed by atoms with van der Waals surface area (Å²) in [6, 6.07) is 21.7. The average molecular weight is 432 g/mol. The predicted molar refractivity (Wildman–Crippen MR) is 124 cm³/mol. The molecule has 4 aromatic rings. The highest BCUT2D eigenvalue weighted by molar-refractivity contribution is 6.33. The molecule has 1 saturated heterocycles. The van der Waals surface area contributed by atoms with Gasteiger partial charge in [0.15, 0.2) is 0 Å². The fourth-order valence-electron chi connectivity index (χ4n) is 3.97. The van der Waals surface area contributed by atoms with Crippen LogP contribution < -0.4 is 10.5 Å². The van der Waals surface area contributed by atoms with Gasteiger partial charge in [-0.15, -0.1) is 0 Å². The minimum absolute atomic E-state index is 0.212. The maximum Gasteiger partial charge on any atom is 0.292 e. The molecule has 156 valence electrons. The highest BCUT2D eigenvalue weighted by Gasteiger charge is 2.22. The molecule has 0 radical (unpaired) electrons. The number of halogens is 1. The van der Waals surface area contributed by atoms with Gasteiger partial charge in [0.05, 0.1) is 28.8 Å². The van der Waals surface area contributed by atoms with Crippen molar-refractivity contribution >= 4 is 28.2 Å². The van der Waals surface area contributed by atoms with Gasteiger partial charge >= 0.3 is 0 Å². The molecule has 1 aliphatic heterocycles. The first-order valence-corrected chi connectivity index (χ1v) is 10.7. The molecule has 0 atom stereocenters. The highest BCUT2D eigenvalue weighted by Crippen LogP contribution is 2.23. The topological polar surface area (TPSA) is 54.3 Å². The van der Waals surface area contributed by atoms with Gasteiger partial charge in [0, 0.05) is 38.1 Å². The van der Waals surface area contributed by atoms with E-state index in [-0.39, 0.29) is 10.6 Å². The lowest BCUT2D eigenvalue weighted by Crippen LogP contribution is -2.46. The summed E-state index contributed by atoms with van der Waals surface area (Å²) >= 11 is 6.46. The van der Waals surface area contributed by atoms with Crippen LogP contribution in [0.5, 0.6) is 0 Å². The zero-order valence-corrected chi connectivity index (χ0v) is 17.7. The summed E-state index contributed by atoms with van der Waals surface area (Å²) in [7, 11) is 0. The van der Waals surface area contributed by atoms with Crippen molar-refractivity contribution in [3.8, 4) is 5.69 Å². The Balaban J connectivity index is 1.28. The fourth-order valence-corrected chi connectivity index (χ4v) is 4.22. The summed E-state index contributed by atoms with van der Waals surface area (Å²) in [5, 5.41) is 5.72. The number of rotatable bonds is 4. The lowest BCUT2D eigenvalue weighted by Gasteiger charge is -2.36. The van der Waals surface area contributed by atoms with Gasteiger partial charge in [-0.05, 0) is 24.3 Å². The molecule has 0 saturated carbocycles. The molecular weight excluding hydrogens is 410 g/mol. The number of hydrogen-bond donors (Lipinski definition) is 0. The van der Waals surface area contributed by atoms with Crippen LogP contribution in [0, 0.1) is 0 Å². The fraction of sp³-hybridized carbons (Fsp3) is 0.208. The Bertz CT molecular complexity index is 1270. The van der Waals surface area contributed by atoms with Gasteiger partial charge in [0.2, 0.25) is 0 Å². The molecule has 3 heterocycles. The van der Waals surface area contributed by atoms with E-state index in [1.807, 2.05) is 48.5 Å². The molecule has 31 heavy (non-hydrogen) atoms. The number of fused-ring (bicyclic) bond motifs is 1. The summed E-state index contributed by atoms with van der Waals surface area (Å²) in [6.07, 6.45) is 1.69. The Labute approximate surface area is 185 Å². The number of anilines is 1. The minimum Gasteiger partial charge on any atom is -0.366 e. The number of pyridine rings is 1. The van der Waals surface area contributed by atoms with E-state index in [0.717, 1.165) is 49.3 Å². The van der Waals surface area contributed by atoms with Crippen LogP contribution in [0.4, 0.5) is 5.69 Å². The summed E-state index contributed by atoms with van der Waals surface area (Å²) in [5.41, 5.74) is 3.19. The molecule has 0 N–H and O–H groups in total. The largest absolute Gasteiger partial charge is 0.366 e. The molecule has 2 aromatic heterocycles. The quantitative estimate of drug-likeness (QED) is 0.492. The lowest BCUT2D eigenvalue weighted by molar-refractivity contribution is 0.247. The molecule has 0 unspecified atom stereocenters. The SMILES string of the molecule is O=c1c(Cl)c(N2CCN(Cc3ccc4ccccc4n3)CC2)cnn1-c1ccccc1. The van der Waals surface area contributed by atoms with Gasteiger partial charge < -0.3 is 4.90 Å². The summed E-state index contributed by atoms with van der Waals surface area (Å²) in [6.45, 7) is 4.10. The Morgan fingerprint density at radius 1 is 0.871 bits per heavy atom. The molecule has 2 aromatic carbocycles. The van der Waals surface area contributed by atoms with Gasteiger partial charge in [-0.3, -0.25) is 14.7 Å². The number of aromatic nitrogens is 3. The van der Waals surface area contributed by atoms with Crippen LogP contribution >= 0.6 is 11.6 Å². The Morgan fingerprint density at radius 3 is 2.42 bits per heavy atom. The Hall–Kier alpha value is -3.22. The normalized spacial score (nSPS) is 14.8. The van der Waals surface area contributed by atoms with Crippen LogP contribution in [0.1, 0.15) is 5.69 Å². The van der Waals surface area contributed by atoms with Crippen molar-refractivity contribution in [2.24, 2.45) is 0 Å². The van der Waals surface area contributed by atoms with Crippen LogP contribution in [-0.2, 0) is 6.54 Å². The Morgan fingerprint density at radius 2 is 1.61 bits per heavy atom. The van der Waals surface area contributed by atoms with E-state index < -0.39 is 0 Å². The van der Waals surface area contributed by atoms with Crippen molar-refractivity contribution in [3.63, 3.8) is 0 Å². The van der Waals surface area contributed by atoms with Gasteiger partial charge in [-0.1, -0.05) is 54.1 Å². The zero-order valence-electron chi connectivity index (χ0n) is 17.0. The molecule has 6 nitrogen and oxygen atoms in total. The molecule has 0 aliphatic carbocycles. The van der Waals surface area contributed by atoms with Crippen LogP contribution in [0.25, 0.3) is 16.6 Å². The lowest BCUT2D eigenvalue weighted by atomic mass is 10.2. The van der Waals surface area contributed by atoms with E-state index in [1.54, 1.807) is 6.20 Å². The summed E-state index contributed by atoms with van der Waals surface area (Å²) < 4.78 is 1.34.